The second-order valence-electron chi connectivity index (χ2n) is 6.83. The van der Waals surface area contributed by atoms with Gasteiger partial charge in [0.2, 0.25) is 0 Å². The number of nitrogens with zero attached hydrogens (tertiary/aromatic N) is 1. The van der Waals surface area contributed by atoms with Gasteiger partial charge < -0.3 is 9.47 Å². The van der Waals surface area contributed by atoms with Gasteiger partial charge in [0.25, 0.3) is 0 Å². The van der Waals surface area contributed by atoms with Gasteiger partial charge in [-0.3, -0.25) is 4.90 Å². The summed E-state index contributed by atoms with van der Waals surface area (Å²) in [4.78, 5) is 3.73. The summed E-state index contributed by atoms with van der Waals surface area (Å²) < 4.78 is 12.8. The Hall–Kier alpha value is -2.30. The smallest absolute Gasteiger partial charge is 0.121 e. The summed E-state index contributed by atoms with van der Waals surface area (Å²) in [5.74, 6) is 1.83. The van der Waals surface area contributed by atoms with E-state index in [1.54, 1.807) is 17.4 Å². The molecule has 0 atom stereocenters. The lowest BCUT2D eigenvalue weighted by molar-refractivity contribution is 0.238. The molecule has 0 aliphatic carbocycles. The van der Waals surface area contributed by atoms with Crippen LogP contribution in [0.5, 0.6) is 11.5 Å². The largest absolute Gasteiger partial charge is 0.492 e. The Labute approximate surface area is 164 Å². The lowest BCUT2D eigenvalue weighted by atomic mass is 10.1. The molecule has 0 bridgehead atoms. The summed E-state index contributed by atoms with van der Waals surface area (Å²) >= 11 is 1.79. The Balaban J connectivity index is 1.40. The average Bonchev–Trinajstić information content (AvgIpc) is 3.36. The summed E-state index contributed by atoms with van der Waals surface area (Å²) in [5, 5.41) is 1.24. The second-order valence-corrected chi connectivity index (χ2v) is 7.92. The van der Waals surface area contributed by atoms with Crippen LogP contribution in [0.2, 0.25) is 0 Å². The third-order valence-corrected chi connectivity index (χ3v) is 6.02. The van der Waals surface area contributed by atoms with Gasteiger partial charge in [-0.1, -0.05) is 12.7 Å². The third kappa shape index (κ3) is 4.52. The number of benzene rings is 2. The van der Waals surface area contributed by atoms with E-state index in [1.807, 2.05) is 6.07 Å². The summed E-state index contributed by atoms with van der Waals surface area (Å²) in [6.45, 7) is 8.44. The molecule has 2 aromatic carbocycles. The standard InChI is InChI=1S/C23H25NO2S/c1-2-14-25-21-10-7-19-16-22(27-23(19)17-21)18-5-8-20(9-6-18)26-15-13-24-11-3-4-12-24/h2,5-10,16-17H,1,3-4,11-15H2. The fraction of sp³-hybridized carbons (Fsp3) is 0.304. The molecule has 2 heterocycles. The van der Waals surface area contributed by atoms with Crippen molar-refractivity contribution < 1.29 is 9.47 Å². The number of hydrogen-bond donors (Lipinski definition) is 0. The van der Waals surface area contributed by atoms with E-state index >= 15 is 0 Å². The van der Waals surface area contributed by atoms with Crippen LogP contribution >= 0.6 is 11.3 Å². The third-order valence-electron chi connectivity index (χ3n) is 4.87. The number of hydrogen-bond acceptors (Lipinski definition) is 4. The molecule has 3 aromatic rings. The molecule has 0 amide bonds. The van der Waals surface area contributed by atoms with Crippen LogP contribution in [0.1, 0.15) is 12.8 Å². The van der Waals surface area contributed by atoms with Crippen molar-refractivity contribution in [1.82, 2.24) is 4.90 Å². The van der Waals surface area contributed by atoms with E-state index < -0.39 is 0 Å². The van der Waals surface area contributed by atoms with Crippen LogP contribution in [0.15, 0.2) is 61.2 Å². The Bertz CT molecular complexity index is 894. The van der Waals surface area contributed by atoms with Gasteiger partial charge in [-0.25, -0.2) is 0 Å². The van der Waals surface area contributed by atoms with Crippen molar-refractivity contribution in [1.29, 1.82) is 0 Å². The molecule has 0 unspecified atom stereocenters. The SMILES string of the molecule is C=CCOc1ccc2cc(-c3ccc(OCCN4CCCC4)cc3)sc2c1. The number of likely N-dealkylation sites (tertiary alicyclic amines) is 1. The molecule has 140 valence electrons. The molecule has 1 fully saturated rings. The normalized spacial score (nSPS) is 14.5. The number of fused-ring (bicyclic) bond motifs is 1. The van der Waals surface area contributed by atoms with Crippen LogP contribution < -0.4 is 9.47 Å². The van der Waals surface area contributed by atoms with E-state index in [4.69, 9.17) is 9.47 Å². The van der Waals surface area contributed by atoms with Gasteiger partial charge in [0, 0.05) is 16.1 Å². The first-order chi connectivity index (χ1) is 13.3. The minimum atomic E-state index is 0.531. The van der Waals surface area contributed by atoms with Crippen LogP contribution in [0.4, 0.5) is 0 Å². The molecule has 4 rings (SSSR count). The van der Waals surface area contributed by atoms with Crippen molar-refractivity contribution in [3.05, 3.63) is 61.2 Å². The van der Waals surface area contributed by atoms with Crippen LogP contribution in [-0.2, 0) is 0 Å². The maximum Gasteiger partial charge on any atom is 0.121 e. The molecule has 1 saturated heterocycles. The minimum absolute atomic E-state index is 0.531. The molecular weight excluding hydrogens is 354 g/mol. The highest BCUT2D eigenvalue weighted by Crippen LogP contribution is 2.36. The highest BCUT2D eigenvalue weighted by molar-refractivity contribution is 7.22. The van der Waals surface area contributed by atoms with Crippen LogP contribution in [0.3, 0.4) is 0 Å². The van der Waals surface area contributed by atoms with Crippen molar-refractivity contribution in [2.24, 2.45) is 0 Å². The van der Waals surface area contributed by atoms with Crippen molar-refractivity contribution >= 4 is 21.4 Å². The lowest BCUT2D eigenvalue weighted by Gasteiger charge is -2.14. The molecule has 0 N–H and O–H groups in total. The summed E-state index contributed by atoms with van der Waals surface area (Å²) in [6.07, 6.45) is 4.41. The fourth-order valence-corrected chi connectivity index (χ4v) is 4.51. The van der Waals surface area contributed by atoms with E-state index in [9.17, 15) is 0 Å². The van der Waals surface area contributed by atoms with Crippen LogP contribution in [-0.4, -0.2) is 37.7 Å². The fourth-order valence-electron chi connectivity index (χ4n) is 3.41. The predicted octanol–water partition coefficient (Wildman–Crippen LogP) is 5.61. The molecule has 1 aromatic heterocycles. The van der Waals surface area contributed by atoms with E-state index in [1.165, 1.54) is 46.5 Å². The van der Waals surface area contributed by atoms with Crippen molar-refractivity contribution in [3.63, 3.8) is 0 Å². The predicted molar refractivity (Wildman–Crippen MR) is 114 cm³/mol. The van der Waals surface area contributed by atoms with Gasteiger partial charge in [0.1, 0.15) is 24.7 Å². The topological polar surface area (TPSA) is 21.7 Å². The maximum atomic E-state index is 5.91. The first-order valence-corrected chi connectivity index (χ1v) is 10.4. The van der Waals surface area contributed by atoms with Crippen LogP contribution in [0.25, 0.3) is 20.5 Å². The molecule has 0 spiro atoms. The van der Waals surface area contributed by atoms with Crippen LogP contribution in [0, 0.1) is 0 Å². The van der Waals surface area contributed by atoms with Gasteiger partial charge in [-0.05, 0) is 85.4 Å². The Morgan fingerprint density at radius 3 is 2.52 bits per heavy atom. The van der Waals surface area contributed by atoms with Crippen molar-refractivity contribution in [3.8, 4) is 21.9 Å². The summed E-state index contributed by atoms with van der Waals surface area (Å²) in [6, 6.07) is 16.9. The molecule has 0 radical (unpaired) electrons. The van der Waals surface area contributed by atoms with E-state index in [0.29, 0.717) is 6.61 Å². The highest BCUT2D eigenvalue weighted by atomic mass is 32.1. The molecule has 1 aliphatic rings. The monoisotopic (exact) mass is 379 g/mol. The Morgan fingerprint density at radius 2 is 1.74 bits per heavy atom. The van der Waals surface area contributed by atoms with Crippen molar-refractivity contribution in [2.75, 3.05) is 32.8 Å². The Morgan fingerprint density at radius 1 is 0.963 bits per heavy atom. The maximum absolute atomic E-state index is 5.91. The second kappa shape index (κ2) is 8.59. The number of thiophene rings is 1. The number of ether oxygens (including phenoxy) is 2. The molecule has 27 heavy (non-hydrogen) atoms. The van der Waals surface area contributed by atoms with E-state index in [0.717, 1.165) is 24.7 Å². The van der Waals surface area contributed by atoms with E-state index in [-0.39, 0.29) is 0 Å². The molecule has 0 saturated carbocycles. The van der Waals surface area contributed by atoms with Gasteiger partial charge in [-0.15, -0.1) is 11.3 Å². The van der Waals surface area contributed by atoms with Gasteiger partial charge >= 0.3 is 0 Å². The highest BCUT2D eigenvalue weighted by Gasteiger charge is 2.11. The molecule has 4 heteroatoms. The molecule has 3 nitrogen and oxygen atoms in total. The molecule has 1 aliphatic heterocycles. The lowest BCUT2D eigenvalue weighted by Crippen LogP contribution is -2.25. The minimum Gasteiger partial charge on any atom is -0.492 e. The quantitative estimate of drug-likeness (QED) is 0.475. The number of rotatable bonds is 8. The van der Waals surface area contributed by atoms with Gasteiger partial charge in [-0.2, -0.15) is 0 Å². The van der Waals surface area contributed by atoms with Crippen molar-refractivity contribution in [2.45, 2.75) is 12.8 Å². The van der Waals surface area contributed by atoms with Gasteiger partial charge in [0.05, 0.1) is 0 Å². The zero-order valence-electron chi connectivity index (χ0n) is 15.5. The first-order valence-electron chi connectivity index (χ1n) is 9.55. The first kappa shape index (κ1) is 18.1. The molecular formula is C23H25NO2S. The van der Waals surface area contributed by atoms with E-state index in [2.05, 4.69) is 53.9 Å². The summed E-state index contributed by atoms with van der Waals surface area (Å²) in [7, 11) is 0. The zero-order chi connectivity index (χ0) is 18.5. The van der Waals surface area contributed by atoms with Gasteiger partial charge in [0.15, 0.2) is 0 Å². The summed E-state index contributed by atoms with van der Waals surface area (Å²) in [5.41, 5.74) is 1.22. The zero-order valence-corrected chi connectivity index (χ0v) is 16.3. The Kier molecular flexibility index (Phi) is 5.75. The average molecular weight is 380 g/mol.